The minimum atomic E-state index is 0. The third kappa shape index (κ3) is 3.35. The molecule has 15 heavy (non-hydrogen) atoms. The zero-order chi connectivity index (χ0) is 8.55. The Bertz CT molecular complexity index is 417. The van der Waals surface area contributed by atoms with Crippen molar-refractivity contribution in [1.82, 2.24) is 9.38 Å². The number of hydrogen-bond acceptors (Lipinski definition) is 2. The fourth-order valence-electron chi connectivity index (χ4n) is 1.25. The number of pyridine rings is 1. The molecule has 2 aromatic rings. The maximum absolute atomic E-state index is 5.48. The highest BCUT2D eigenvalue weighted by Crippen LogP contribution is 2.06. The van der Waals surface area contributed by atoms with Crippen molar-refractivity contribution in [2.45, 2.75) is 13.5 Å². The molecule has 0 unspecified atom stereocenters. The standard InChI is InChI=1S/C9H11N3.2ClH.H2O/c1-7-2-3-9-11-8(4-10)6-12(9)5-7;;;/h2-3,5-6H,4,10H2,1H3;2*1H;1H2. The maximum atomic E-state index is 5.48. The van der Waals surface area contributed by atoms with Crippen LogP contribution in [0.1, 0.15) is 11.3 Å². The fraction of sp³-hybridized carbons (Fsp3) is 0.222. The van der Waals surface area contributed by atoms with Gasteiger partial charge in [0.25, 0.3) is 0 Å². The lowest BCUT2D eigenvalue weighted by Gasteiger charge is -1.92. The molecular weight excluding hydrogens is 237 g/mol. The Morgan fingerprint density at radius 3 is 2.53 bits per heavy atom. The summed E-state index contributed by atoms with van der Waals surface area (Å²) >= 11 is 0. The van der Waals surface area contributed by atoms with Crippen molar-refractivity contribution in [2.75, 3.05) is 0 Å². The van der Waals surface area contributed by atoms with Crippen LogP contribution in [0.5, 0.6) is 0 Å². The van der Waals surface area contributed by atoms with E-state index in [1.54, 1.807) is 0 Å². The molecule has 0 bridgehead atoms. The molecule has 0 aliphatic heterocycles. The summed E-state index contributed by atoms with van der Waals surface area (Å²) in [7, 11) is 0. The second-order valence-corrected chi connectivity index (χ2v) is 2.91. The number of nitrogens with zero attached hydrogens (tertiary/aromatic N) is 2. The lowest BCUT2D eigenvalue weighted by atomic mass is 10.3. The van der Waals surface area contributed by atoms with Crippen molar-refractivity contribution < 1.29 is 5.48 Å². The van der Waals surface area contributed by atoms with E-state index in [-0.39, 0.29) is 30.3 Å². The van der Waals surface area contributed by atoms with Gasteiger partial charge in [0.05, 0.1) is 5.69 Å². The van der Waals surface area contributed by atoms with Gasteiger partial charge in [-0.2, -0.15) is 0 Å². The molecule has 2 aromatic heterocycles. The molecule has 0 amide bonds. The van der Waals surface area contributed by atoms with Crippen LogP contribution in [-0.2, 0) is 6.54 Å². The van der Waals surface area contributed by atoms with Gasteiger partial charge < -0.3 is 15.6 Å². The smallest absolute Gasteiger partial charge is 0.137 e. The average molecular weight is 252 g/mol. The second kappa shape index (κ2) is 6.63. The molecule has 0 radical (unpaired) electrons. The largest absolute Gasteiger partial charge is 0.412 e. The van der Waals surface area contributed by atoms with E-state index in [1.807, 2.05) is 28.9 Å². The molecule has 0 spiro atoms. The van der Waals surface area contributed by atoms with E-state index in [2.05, 4.69) is 11.9 Å². The number of aryl methyl sites for hydroxylation is 1. The monoisotopic (exact) mass is 251 g/mol. The summed E-state index contributed by atoms with van der Waals surface area (Å²) in [6.45, 7) is 2.56. The van der Waals surface area contributed by atoms with Crippen LogP contribution in [0, 0.1) is 6.92 Å². The van der Waals surface area contributed by atoms with E-state index in [4.69, 9.17) is 5.73 Å². The van der Waals surface area contributed by atoms with Crippen LogP contribution in [0.2, 0.25) is 0 Å². The first kappa shape index (κ1) is 16.6. The minimum Gasteiger partial charge on any atom is -0.412 e. The molecule has 0 saturated heterocycles. The third-order valence-electron chi connectivity index (χ3n) is 1.86. The van der Waals surface area contributed by atoms with Gasteiger partial charge in [-0.3, -0.25) is 0 Å². The Morgan fingerprint density at radius 1 is 1.27 bits per heavy atom. The highest BCUT2D eigenvalue weighted by Gasteiger charge is 1.97. The first-order chi connectivity index (χ1) is 5.79. The summed E-state index contributed by atoms with van der Waals surface area (Å²) < 4.78 is 2.00. The second-order valence-electron chi connectivity index (χ2n) is 2.91. The Labute approximate surface area is 101 Å². The maximum Gasteiger partial charge on any atom is 0.137 e. The molecule has 0 aromatic carbocycles. The van der Waals surface area contributed by atoms with Gasteiger partial charge in [0.2, 0.25) is 0 Å². The number of fused-ring (bicyclic) bond motifs is 1. The zero-order valence-electron chi connectivity index (χ0n) is 8.30. The number of imidazole rings is 1. The summed E-state index contributed by atoms with van der Waals surface area (Å²) in [6.07, 6.45) is 4.00. The molecule has 6 heteroatoms. The van der Waals surface area contributed by atoms with Gasteiger partial charge in [0.1, 0.15) is 5.65 Å². The summed E-state index contributed by atoms with van der Waals surface area (Å²) in [5, 5.41) is 0. The molecular formula is C9H15Cl2N3O. The molecule has 2 rings (SSSR count). The van der Waals surface area contributed by atoms with Crippen LogP contribution >= 0.6 is 24.8 Å². The topological polar surface area (TPSA) is 74.8 Å². The molecule has 0 aliphatic carbocycles. The minimum absolute atomic E-state index is 0. The lowest BCUT2D eigenvalue weighted by molar-refractivity contribution is 0.824. The van der Waals surface area contributed by atoms with Crippen molar-refractivity contribution in [1.29, 1.82) is 0 Å². The van der Waals surface area contributed by atoms with E-state index in [0.717, 1.165) is 11.3 Å². The van der Waals surface area contributed by atoms with Crippen LogP contribution in [0.3, 0.4) is 0 Å². The number of hydrogen-bond donors (Lipinski definition) is 1. The molecule has 0 aliphatic rings. The van der Waals surface area contributed by atoms with E-state index in [9.17, 15) is 0 Å². The molecule has 0 atom stereocenters. The molecule has 0 fully saturated rings. The first-order valence-corrected chi connectivity index (χ1v) is 3.94. The Hall–Kier alpha value is -0.810. The van der Waals surface area contributed by atoms with Crippen LogP contribution < -0.4 is 5.73 Å². The van der Waals surface area contributed by atoms with Gasteiger partial charge in [-0.05, 0) is 18.6 Å². The average Bonchev–Trinajstić information content (AvgIpc) is 2.46. The van der Waals surface area contributed by atoms with Crippen LogP contribution in [0.25, 0.3) is 5.65 Å². The molecule has 4 N–H and O–H groups in total. The van der Waals surface area contributed by atoms with Crippen molar-refractivity contribution in [3.05, 3.63) is 35.8 Å². The van der Waals surface area contributed by atoms with Gasteiger partial charge >= 0.3 is 0 Å². The van der Waals surface area contributed by atoms with Crippen molar-refractivity contribution in [3.8, 4) is 0 Å². The predicted molar refractivity (Wildman–Crippen MR) is 65.9 cm³/mol. The van der Waals surface area contributed by atoms with Crippen LogP contribution in [0.4, 0.5) is 0 Å². The lowest BCUT2D eigenvalue weighted by Crippen LogP contribution is -1.95. The van der Waals surface area contributed by atoms with Gasteiger partial charge in [-0.1, -0.05) is 6.07 Å². The number of nitrogens with two attached hydrogens (primary N) is 1. The van der Waals surface area contributed by atoms with E-state index < -0.39 is 0 Å². The van der Waals surface area contributed by atoms with Gasteiger partial charge in [-0.15, -0.1) is 24.8 Å². The SMILES string of the molecule is Cc1ccc2nc(CN)cn2c1.Cl.Cl.O. The highest BCUT2D eigenvalue weighted by molar-refractivity contribution is 5.85. The van der Waals surface area contributed by atoms with E-state index >= 15 is 0 Å². The van der Waals surface area contributed by atoms with E-state index in [1.165, 1.54) is 5.56 Å². The molecule has 86 valence electrons. The van der Waals surface area contributed by atoms with Crippen molar-refractivity contribution in [3.63, 3.8) is 0 Å². The van der Waals surface area contributed by atoms with Gasteiger partial charge in [-0.25, -0.2) is 4.98 Å². The number of rotatable bonds is 1. The Balaban J connectivity index is 0. The Morgan fingerprint density at radius 2 is 1.93 bits per heavy atom. The van der Waals surface area contributed by atoms with Crippen LogP contribution in [0.15, 0.2) is 24.5 Å². The predicted octanol–water partition coefficient (Wildman–Crippen LogP) is 1.12. The third-order valence-corrected chi connectivity index (χ3v) is 1.86. The summed E-state index contributed by atoms with van der Waals surface area (Å²) in [4.78, 5) is 4.31. The first-order valence-electron chi connectivity index (χ1n) is 3.94. The zero-order valence-corrected chi connectivity index (χ0v) is 9.94. The highest BCUT2D eigenvalue weighted by atomic mass is 35.5. The molecule has 4 nitrogen and oxygen atoms in total. The summed E-state index contributed by atoms with van der Waals surface area (Å²) in [5.41, 5.74) is 8.59. The quantitative estimate of drug-likeness (QED) is 0.825. The van der Waals surface area contributed by atoms with Gasteiger partial charge in [0, 0.05) is 18.9 Å². The Kier molecular flexibility index (Phi) is 7.35. The fourth-order valence-corrected chi connectivity index (χ4v) is 1.25. The summed E-state index contributed by atoms with van der Waals surface area (Å²) in [5.74, 6) is 0. The normalized spacial score (nSPS) is 8.67. The number of aromatic nitrogens is 2. The molecule has 0 saturated carbocycles. The van der Waals surface area contributed by atoms with E-state index in [0.29, 0.717) is 6.54 Å². The van der Waals surface area contributed by atoms with Crippen molar-refractivity contribution >= 4 is 30.5 Å². The van der Waals surface area contributed by atoms with Crippen molar-refractivity contribution in [2.24, 2.45) is 5.73 Å². The van der Waals surface area contributed by atoms with Gasteiger partial charge in [0.15, 0.2) is 0 Å². The number of halogens is 2. The van der Waals surface area contributed by atoms with Crippen LogP contribution in [-0.4, -0.2) is 14.9 Å². The summed E-state index contributed by atoms with van der Waals surface area (Å²) in [6, 6.07) is 4.04. The molecule has 2 heterocycles.